The largest absolute Gasteiger partial charge is 0.487 e. The molecule has 1 saturated carbocycles. The van der Waals surface area contributed by atoms with Crippen LogP contribution in [-0.2, 0) is 0 Å². The van der Waals surface area contributed by atoms with Crippen LogP contribution in [0.3, 0.4) is 0 Å². The van der Waals surface area contributed by atoms with E-state index in [1.807, 2.05) is 24.3 Å². The van der Waals surface area contributed by atoms with Gasteiger partial charge in [0.2, 0.25) is 0 Å². The first kappa shape index (κ1) is 10.6. The molecule has 2 nitrogen and oxygen atoms in total. The SMILES string of the molecule is O[C@@H]1CCC[C@H]1Oc1cccc2ccccc12. The minimum absolute atomic E-state index is 0.0409. The summed E-state index contributed by atoms with van der Waals surface area (Å²) in [5.74, 6) is 0.883. The average molecular weight is 228 g/mol. The number of hydrogen-bond donors (Lipinski definition) is 1. The van der Waals surface area contributed by atoms with Gasteiger partial charge in [-0.2, -0.15) is 0 Å². The summed E-state index contributed by atoms with van der Waals surface area (Å²) in [5, 5.41) is 12.1. The minimum atomic E-state index is -0.311. The zero-order valence-electron chi connectivity index (χ0n) is 9.67. The van der Waals surface area contributed by atoms with Crippen molar-refractivity contribution in [2.45, 2.75) is 31.5 Å². The van der Waals surface area contributed by atoms with E-state index in [1.54, 1.807) is 0 Å². The van der Waals surface area contributed by atoms with Gasteiger partial charge < -0.3 is 9.84 Å². The van der Waals surface area contributed by atoms with Crippen LogP contribution < -0.4 is 4.74 Å². The Bertz CT molecular complexity index is 516. The zero-order valence-corrected chi connectivity index (χ0v) is 9.67. The van der Waals surface area contributed by atoms with E-state index in [1.165, 1.54) is 5.39 Å². The van der Waals surface area contributed by atoms with E-state index < -0.39 is 0 Å². The summed E-state index contributed by atoms with van der Waals surface area (Å²) in [6.45, 7) is 0. The van der Waals surface area contributed by atoms with Crippen LogP contribution in [0.15, 0.2) is 42.5 Å². The maximum atomic E-state index is 9.80. The third kappa shape index (κ3) is 2.01. The van der Waals surface area contributed by atoms with Gasteiger partial charge in [0.05, 0.1) is 6.10 Å². The van der Waals surface area contributed by atoms with Gasteiger partial charge in [-0.05, 0) is 30.7 Å². The summed E-state index contributed by atoms with van der Waals surface area (Å²) in [6, 6.07) is 14.2. The Balaban J connectivity index is 1.94. The van der Waals surface area contributed by atoms with Crippen LogP contribution in [0.25, 0.3) is 10.8 Å². The van der Waals surface area contributed by atoms with Gasteiger partial charge in [0, 0.05) is 5.39 Å². The monoisotopic (exact) mass is 228 g/mol. The van der Waals surface area contributed by atoms with Crippen molar-refractivity contribution in [1.29, 1.82) is 0 Å². The lowest BCUT2D eigenvalue weighted by molar-refractivity contribution is 0.0614. The average Bonchev–Trinajstić information content (AvgIpc) is 2.76. The molecule has 0 unspecified atom stereocenters. The summed E-state index contributed by atoms with van der Waals surface area (Å²) in [5.41, 5.74) is 0. The number of benzene rings is 2. The van der Waals surface area contributed by atoms with E-state index in [0.29, 0.717) is 0 Å². The Morgan fingerprint density at radius 1 is 1.00 bits per heavy atom. The van der Waals surface area contributed by atoms with Gasteiger partial charge in [-0.15, -0.1) is 0 Å². The number of fused-ring (bicyclic) bond motifs is 1. The molecule has 0 radical (unpaired) electrons. The van der Waals surface area contributed by atoms with E-state index in [-0.39, 0.29) is 12.2 Å². The van der Waals surface area contributed by atoms with Crippen LogP contribution in [0.5, 0.6) is 5.75 Å². The van der Waals surface area contributed by atoms with Crippen molar-refractivity contribution in [2.24, 2.45) is 0 Å². The second kappa shape index (κ2) is 4.38. The molecule has 3 rings (SSSR count). The van der Waals surface area contributed by atoms with Crippen LogP contribution in [0.1, 0.15) is 19.3 Å². The van der Waals surface area contributed by atoms with Crippen molar-refractivity contribution in [3.8, 4) is 5.75 Å². The van der Waals surface area contributed by atoms with Crippen LogP contribution >= 0.6 is 0 Å². The highest BCUT2D eigenvalue weighted by molar-refractivity contribution is 5.88. The van der Waals surface area contributed by atoms with Gasteiger partial charge >= 0.3 is 0 Å². The zero-order chi connectivity index (χ0) is 11.7. The fourth-order valence-electron chi connectivity index (χ4n) is 2.51. The second-order valence-electron chi connectivity index (χ2n) is 4.63. The molecule has 1 aliphatic rings. The minimum Gasteiger partial charge on any atom is -0.487 e. The van der Waals surface area contributed by atoms with Gasteiger partial charge in [-0.1, -0.05) is 36.4 Å². The predicted octanol–water partition coefficient (Wildman–Crippen LogP) is 3.13. The second-order valence-corrected chi connectivity index (χ2v) is 4.63. The van der Waals surface area contributed by atoms with E-state index in [4.69, 9.17) is 4.74 Å². The van der Waals surface area contributed by atoms with Crippen LogP contribution in [0, 0.1) is 0 Å². The Labute approximate surface area is 101 Å². The molecule has 0 bridgehead atoms. The molecule has 2 atom stereocenters. The van der Waals surface area contributed by atoms with Crippen molar-refractivity contribution in [3.05, 3.63) is 42.5 Å². The summed E-state index contributed by atoms with van der Waals surface area (Å²) in [7, 11) is 0. The molecule has 2 aromatic carbocycles. The molecule has 2 heteroatoms. The molecule has 17 heavy (non-hydrogen) atoms. The van der Waals surface area contributed by atoms with Crippen LogP contribution in [0.2, 0.25) is 0 Å². The number of aliphatic hydroxyl groups excluding tert-OH is 1. The first-order chi connectivity index (χ1) is 8.34. The third-order valence-corrected chi connectivity index (χ3v) is 3.45. The first-order valence-corrected chi connectivity index (χ1v) is 6.17. The molecule has 1 N–H and O–H groups in total. The Morgan fingerprint density at radius 2 is 1.82 bits per heavy atom. The van der Waals surface area contributed by atoms with Gasteiger partial charge in [0.1, 0.15) is 11.9 Å². The Morgan fingerprint density at radius 3 is 2.65 bits per heavy atom. The van der Waals surface area contributed by atoms with Gasteiger partial charge in [-0.3, -0.25) is 0 Å². The van der Waals surface area contributed by atoms with Gasteiger partial charge in [0.25, 0.3) is 0 Å². The molecular weight excluding hydrogens is 212 g/mol. The first-order valence-electron chi connectivity index (χ1n) is 6.17. The summed E-state index contributed by atoms with van der Waals surface area (Å²) >= 11 is 0. The molecule has 88 valence electrons. The quantitative estimate of drug-likeness (QED) is 0.855. The Hall–Kier alpha value is -1.54. The van der Waals surface area contributed by atoms with Gasteiger partial charge in [-0.25, -0.2) is 0 Å². The molecule has 1 fully saturated rings. The van der Waals surface area contributed by atoms with Gasteiger partial charge in [0.15, 0.2) is 0 Å². The van der Waals surface area contributed by atoms with Crippen molar-refractivity contribution in [1.82, 2.24) is 0 Å². The molecule has 0 saturated heterocycles. The van der Waals surface area contributed by atoms with Crippen molar-refractivity contribution < 1.29 is 9.84 Å². The van der Waals surface area contributed by atoms with Crippen molar-refractivity contribution in [3.63, 3.8) is 0 Å². The van der Waals surface area contributed by atoms with E-state index in [2.05, 4.69) is 18.2 Å². The van der Waals surface area contributed by atoms with Crippen LogP contribution in [-0.4, -0.2) is 17.3 Å². The molecule has 0 aromatic heterocycles. The molecule has 0 spiro atoms. The topological polar surface area (TPSA) is 29.5 Å². The third-order valence-electron chi connectivity index (χ3n) is 3.45. The predicted molar refractivity (Wildman–Crippen MR) is 68.2 cm³/mol. The molecular formula is C15H16O2. The molecule has 1 aliphatic carbocycles. The highest BCUT2D eigenvalue weighted by Gasteiger charge is 2.27. The smallest absolute Gasteiger partial charge is 0.127 e. The van der Waals surface area contributed by atoms with Crippen LogP contribution in [0.4, 0.5) is 0 Å². The highest BCUT2D eigenvalue weighted by Crippen LogP contribution is 2.30. The standard InChI is InChI=1S/C15H16O2/c16-13-8-4-10-15(13)17-14-9-3-6-11-5-1-2-7-12(11)14/h1-3,5-7,9,13,15-16H,4,8,10H2/t13-,15-/m1/s1. The fourth-order valence-corrected chi connectivity index (χ4v) is 2.51. The number of aliphatic hydroxyl groups is 1. The molecule has 0 aliphatic heterocycles. The summed E-state index contributed by atoms with van der Waals surface area (Å²) in [6.07, 6.45) is 2.51. The number of rotatable bonds is 2. The molecule has 0 heterocycles. The normalized spacial score (nSPS) is 24.1. The molecule has 0 amide bonds. The Kier molecular flexibility index (Phi) is 2.73. The van der Waals surface area contributed by atoms with Crippen molar-refractivity contribution >= 4 is 10.8 Å². The lowest BCUT2D eigenvalue weighted by atomic mass is 10.1. The molecule has 2 aromatic rings. The lowest BCUT2D eigenvalue weighted by Crippen LogP contribution is -2.25. The van der Waals surface area contributed by atoms with E-state index in [9.17, 15) is 5.11 Å². The number of hydrogen-bond acceptors (Lipinski definition) is 2. The highest BCUT2D eigenvalue weighted by atomic mass is 16.5. The van der Waals surface area contributed by atoms with Crippen molar-refractivity contribution in [2.75, 3.05) is 0 Å². The maximum Gasteiger partial charge on any atom is 0.127 e. The summed E-state index contributed by atoms with van der Waals surface area (Å²) < 4.78 is 5.95. The maximum absolute atomic E-state index is 9.80. The number of ether oxygens (including phenoxy) is 1. The fraction of sp³-hybridized carbons (Fsp3) is 0.333. The van der Waals surface area contributed by atoms with E-state index in [0.717, 1.165) is 30.4 Å². The lowest BCUT2D eigenvalue weighted by Gasteiger charge is -2.18. The van der Waals surface area contributed by atoms with E-state index >= 15 is 0 Å². The summed E-state index contributed by atoms with van der Waals surface area (Å²) in [4.78, 5) is 0.